The average Bonchev–Trinajstić information content (AvgIpc) is 3.18. The molecular formula is C20H23ClN4O4S. The third-order valence-electron chi connectivity index (χ3n) is 4.42. The highest BCUT2D eigenvalue weighted by atomic mass is 35.5. The van der Waals surface area contributed by atoms with Gasteiger partial charge in [0.05, 0.1) is 26.1 Å². The van der Waals surface area contributed by atoms with E-state index in [1.807, 2.05) is 30.3 Å². The van der Waals surface area contributed by atoms with Gasteiger partial charge < -0.3 is 4.74 Å². The first kappa shape index (κ1) is 22.2. The van der Waals surface area contributed by atoms with Crippen LogP contribution in [0.2, 0.25) is 5.02 Å². The van der Waals surface area contributed by atoms with Gasteiger partial charge in [-0.3, -0.25) is 19.5 Å². The number of carbonyl (C=O) groups is 2. The van der Waals surface area contributed by atoms with Crippen LogP contribution in [0.4, 0.5) is 10.5 Å². The second kappa shape index (κ2) is 10.5. The van der Waals surface area contributed by atoms with Crippen LogP contribution in [0.15, 0.2) is 47.4 Å². The fourth-order valence-electron chi connectivity index (χ4n) is 2.88. The molecule has 2 aromatic carbocycles. The summed E-state index contributed by atoms with van der Waals surface area (Å²) in [4.78, 5) is 32.2. The Balaban J connectivity index is 1.47. The smallest absolute Gasteiger partial charge is 0.346 e. The number of nitrogens with zero attached hydrogens (tertiary/aromatic N) is 2. The topological polar surface area (TPSA) is 83.1 Å². The highest BCUT2D eigenvalue weighted by Crippen LogP contribution is 2.44. The van der Waals surface area contributed by atoms with Crippen LogP contribution in [-0.4, -0.2) is 43.1 Å². The van der Waals surface area contributed by atoms with E-state index in [1.54, 1.807) is 35.9 Å². The molecule has 0 saturated heterocycles. The number of rotatable bonds is 8. The third kappa shape index (κ3) is 5.37. The molecule has 0 fully saturated rings. The molecule has 0 aromatic heterocycles. The lowest BCUT2D eigenvalue weighted by Gasteiger charge is -2.23. The fourth-order valence-corrected chi connectivity index (χ4v) is 4.12. The Morgan fingerprint density at radius 3 is 2.77 bits per heavy atom. The molecule has 3 rings (SSSR count). The minimum Gasteiger partial charge on any atom is -0.495 e. The summed E-state index contributed by atoms with van der Waals surface area (Å²) in [5.74, 6) is 0.912. The van der Waals surface area contributed by atoms with E-state index in [1.165, 1.54) is 11.9 Å². The van der Waals surface area contributed by atoms with Crippen molar-refractivity contribution < 1.29 is 19.2 Å². The first-order valence-corrected chi connectivity index (χ1v) is 10.6. The summed E-state index contributed by atoms with van der Waals surface area (Å²) in [6.45, 7) is 2.20. The van der Waals surface area contributed by atoms with Crippen molar-refractivity contribution in [3.8, 4) is 5.75 Å². The lowest BCUT2D eigenvalue weighted by Crippen LogP contribution is -2.45. The van der Waals surface area contributed by atoms with Gasteiger partial charge in [-0.05, 0) is 23.8 Å². The number of hydrazine groups is 1. The maximum absolute atomic E-state index is 12.5. The number of thioether (sulfide) groups is 1. The van der Waals surface area contributed by atoms with Gasteiger partial charge in [0.1, 0.15) is 11.4 Å². The van der Waals surface area contributed by atoms with Gasteiger partial charge in [0, 0.05) is 23.4 Å². The van der Waals surface area contributed by atoms with E-state index >= 15 is 0 Å². The second-order valence-corrected chi connectivity index (χ2v) is 7.76. The fraction of sp³-hybridized carbons (Fsp3) is 0.300. The molecule has 1 aliphatic rings. The van der Waals surface area contributed by atoms with E-state index in [0.717, 1.165) is 16.1 Å². The van der Waals surface area contributed by atoms with Crippen molar-refractivity contribution in [2.75, 3.05) is 31.0 Å². The SMILES string of the molecule is COc1cccc2c1N(C(=O)NOCCN(NCc1ccccc1Cl)C(C)=O)CS2. The first-order chi connectivity index (χ1) is 14.5. The molecule has 0 unspecified atom stereocenters. The molecule has 3 amide bonds. The van der Waals surface area contributed by atoms with Crippen molar-refractivity contribution in [3.63, 3.8) is 0 Å². The van der Waals surface area contributed by atoms with Crippen molar-refractivity contribution in [1.29, 1.82) is 0 Å². The minimum absolute atomic E-state index is 0.112. The molecule has 0 bridgehead atoms. The van der Waals surface area contributed by atoms with Gasteiger partial charge in [0.15, 0.2) is 0 Å². The lowest BCUT2D eigenvalue weighted by molar-refractivity contribution is -0.133. The minimum atomic E-state index is -0.399. The van der Waals surface area contributed by atoms with Gasteiger partial charge >= 0.3 is 6.03 Å². The average molecular weight is 451 g/mol. The van der Waals surface area contributed by atoms with Crippen molar-refractivity contribution in [1.82, 2.24) is 15.9 Å². The number of anilines is 1. The Morgan fingerprint density at radius 1 is 1.23 bits per heavy atom. The Morgan fingerprint density at radius 2 is 2.03 bits per heavy atom. The number of urea groups is 1. The van der Waals surface area contributed by atoms with Gasteiger partial charge in [-0.15, -0.1) is 11.8 Å². The number of hydrogen-bond donors (Lipinski definition) is 2. The zero-order valence-corrected chi connectivity index (χ0v) is 18.3. The Labute approximate surface area is 184 Å². The molecule has 0 saturated carbocycles. The maximum atomic E-state index is 12.5. The summed E-state index contributed by atoms with van der Waals surface area (Å²) >= 11 is 7.68. The quantitative estimate of drug-likeness (QED) is 0.473. The van der Waals surface area contributed by atoms with Crippen LogP contribution in [0.1, 0.15) is 12.5 Å². The summed E-state index contributed by atoms with van der Waals surface area (Å²) in [6.07, 6.45) is 0. The summed E-state index contributed by atoms with van der Waals surface area (Å²) < 4.78 is 5.36. The summed E-state index contributed by atoms with van der Waals surface area (Å²) in [7, 11) is 1.57. The number of nitrogens with one attached hydrogen (secondary N) is 2. The molecular weight excluding hydrogens is 428 g/mol. The number of halogens is 1. The molecule has 30 heavy (non-hydrogen) atoms. The largest absolute Gasteiger partial charge is 0.495 e. The van der Waals surface area contributed by atoms with Crippen LogP contribution in [0.5, 0.6) is 5.75 Å². The Kier molecular flexibility index (Phi) is 7.81. The number of fused-ring (bicyclic) bond motifs is 1. The summed E-state index contributed by atoms with van der Waals surface area (Å²) in [5, 5.41) is 2.04. The van der Waals surface area contributed by atoms with Gasteiger partial charge in [-0.1, -0.05) is 35.9 Å². The number of ether oxygens (including phenoxy) is 1. The van der Waals surface area contributed by atoms with E-state index in [4.69, 9.17) is 21.2 Å². The van der Waals surface area contributed by atoms with Crippen LogP contribution in [0, 0.1) is 0 Å². The summed E-state index contributed by atoms with van der Waals surface area (Å²) in [6, 6.07) is 12.6. The molecule has 0 atom stereocenters. The summed E-state index contributed by atoms with van der Waals surface area (Å²) in [5.41, 5.74) is 7.04. The van der Waals surface area contributed by atoms with Crippen LogP contribution in [0.25, 0.3) is 0 Å². The number of amides is 3. The molecule has 1 heterocycles. The Hall–Kier alpha value is -2.46. The zero-order valence-electron chi connectivity index (χ0n) is 16.7. The van der Waals surface area contributed by atoms with E-state index in [9.17, 15) is 9.59 Å². The standard InChI is InChI=1S/C20H23ClN4O4S/c1-14(26)25(22-12-15-6-3-4-7-16(15)21)10-11-29-23-20(27)24-13-30-18-9-5-8-17(28-2)19(18)24/h3-9,22H,10-13H2,1-2H3,(H,23,27). The first-order valence-electron chi connectivity index (χ1n) is 9.25. The Bertz CT molecular complexity index is 914. The molecule has 0 radical (unpaired) electrons. The normalized spacial score (nSPS) is 12.4. The van der Waals surface area contributed by atoms with Gasteiger partial charge in [-0.25, -0.2) is 15.7 Å². The van der Waals surface area contributed by atoms with Gasteiger partial charge in [0.2, 0.25) is 5.91 Å². The molecule has 2 N–H and O–H groups in total. The number of hydroxylamine groups is 1. The van der Waals surface area contributed by atoms with Crippen LogP contribution in [-0.2, 0) is 16.2 Å². The zero-order chi connectivity index (χ0) is 21.5. The van der Waals surface area contributed by atoms with E-state index in [2.05, 4.69) is 10.9 Å². The number of carbonyl (C=O) groups excluding carboxylic acids is 2. The highest BCUT2D eigenvalue weighted by molar-refractivity contribution is 8.00. The van der Waals surface area contributed by atoms with Crippen molar-refractivity contribution in [2.24, 2.45) is 0 Å². The molecule has 0 aliphatic carbocycles. The molecule has 0 spiro atoms. The van der Waals surface area contributed by atoms with Crippen LogP contribution >= 0.6 is 23.4 Å². The van der Waals surface area contributed by atoms with Crippen molar-refractivity contribution in [2.45, 2.75) is 18.4 Å². The van der Waals surface area contributed by atoms with E-state index in [0.29, 0.717) is 23.2 Å². The van der Waals surface area contributed by atoms with Crippen LogP contribution in [0.3, 0.4) is 0 Å². The third-order valence-corrected chi connectivity index (χ3v) is 5.82. The van der Waals surface area contributed by atoms with Gasteiger partial charge in [0.25, 0.3) is 0 Å². The molecule has 2 aromatic rings. The molecule has 160 valence electrons. The van der Waals surface area contributed by atoms with Crippen molar-refractivity contribution >= 4 is 41.0 Å². The predicted octanol–water partition coefficient (Wildman–Crippen LogP) is 3.41. The number of hydrogen-bond acceptors (Lipinski definition) is 6. The van der Waals surface area contributed by atoms with E-state index < -0.39 is 6.03 Å². The molecule has 1 aliphatic heterocycles. The maximum Gasteiger partial charge on any atom is 0.346 e. The lowest BCUT2D eigenvalue weighted by atomic mass is 10.2. The number of para-hydroxylation sites is 1. The molecule has 8 nitrogen and oxygen atoms in total. The number of methoxy groups -OCH3 is 1. The van der Waals surface area contributed by atoms with Crippen molar-refractivity contribution in [3.05, 3.63) is 53.1 Å². The second-order valence-electron chi connectivity index (χ2n) is 6.36. The van der Waals surface area contributed by atoms with Gasteiger partial charge in [-0.2, -0.15) is 0 Å². The predicted molar refractivity (Wildman–Crippen MR) is 116 cm³/mol. The van der Waals surface area contributed by atoms with Crippen LogP contribution < -0.4 is 20.5 Å². The van der Waals surface area contributed by atoms with E-state index in [-0.39, 0.29) is 19.1 Å². The monoisotopic (exact) mass is 450 g/mol. The molecule has 10 heteroatoms. The number of benzene rings is 2. The highest BCUT2D eigenvalue weighted by Gasteiger charge is 2.28.